The largest absolute Gasteiger partial charge is 0.493 e. The van der Waals surface area contributed by atoms with Crippen molar-refractivity contribution in [2.75, 3.05) is 20.8 Å². The fraction of sp³-hybridized carbons (Fsp3) is 0.417. The van der Waals surface area contributed by atoms with E-state index < -0.39 is 5.54 Å². The molecule has 1 aliphatic heterocycles. The van der Waals surface area contributed by atoms with Crippen LogP contribution in [-0.4, -0.2) is 37.5 Å². The minimum Gasteiger partial charge on any atom is -0.493 e. The number of halogens is 1. The third-order valence-corrected chi connectivity index (χ3v) is 5.73. The maximum atomic E-state index is 14.0. The summed E-state index contributed by atoms with van der Waals surface area (Å²) in [6.07, 6.45) is 0.740. The van der Waals surface area contributed by atoms with E-state index in [1.807, 2.05) is 26.0 Å². The van der Waals surface area contributed by atoms with Gasteiger partial charge in [0.05, 0.1) is 25.7 Å². The van der Waals surface area contributed by atoms with E-state index >= 15 is 0 Å². The molecule has 0 bridgehead atoms. The first-order valence-electron chi connectivity index (χ1n) is 10.3. The van der Waals surface area contributed by atoms with Crippen molar-refractivity contribution in [2.45, 2.75) is 38.8 Å². The molecule has 1 atom stereocenters. The molecule has 1 fully saturated rings. The summed E-state index contributed by atoms with van der Waals surface area (Å²) in [5, 5.41) is 3.09. The van der Waals surface area contributed by atoms with E-state index in [1.165, 1.54) is 6.07 Å². The van der Waals surface area contributed by atoms with Gasteiger partial charge in [0.15, 0.2) is 11.5 Å². The smallest absolute Gasteiger partial charge is 0.225 e. The van der Waals surface area contributed by atoms with E-state index in [0.29, 0.717) is 23.5 Å². The molecule has 0 spiro atoms. The van der Waals surface area contributed by atoms with Crippen LogP contribution in [0, 0.1) is 11.7 Å². The number of nitrogens with one attached hydrogen (secondary N) is 1. The lowest BCUT2D eigenvalue weighted by Gasteiger charge is -2.35. The summed E-state index contributed by atoms with van der Waals surface area (Å²) in [4.78, 5) is 27.0. The summed E-state index contributed by atoms with van der Waals surface area (Å²) < 4.78 is 24.7. The predicted octanol–water partition coefficient (Wildman–Crippen LogP) is 3.63. The molecule has 7 heteroatoms. The average Bonchev–Trinajstić information content (AvgIpc) is 2.75. The molecule has 1 N–H and O–H groups in total. The summed E-state index contributed by atoms with van der Waals surface area (Å²) in [6.45, 7) is 4.25. The third-order valence-electron chi connectivity index (χ3n) is 5.73. The molecule has 31 heavy (non-hydrogen) atoms. The number of amides is 2. The van der Waals surface area contributed by atoms with Crippen molar-refractivity contribution in [1.29, 1.82) is 0 Å². The van der Waals surface area contributed by atoms with Gasteiger partial charge in [-0.2, -0.15) is 0 Å². The topological polar surface area (TPSA) is 67.9 Å². The van der Waals surface area contributed by atoms with Crippen molar-refractivity contribution in [3.63, 3.8) is 0 Å². The van der Waals surface area contributed by atoms with Gasteiger partial charge in [-0.1, -0.05) is 24.3 Å². The van der Waals surface area contributed by atoms with Crippen LogP contribution in [0.4, 0.5) is 4.39 Å². The number of methoxy groups -OCH3 is 2. The SMILES string of the molecule is COc1ccc(C(C)(C)NC(=O)[C@@H]2CCC(=O)N(Cc3ccccc3F)C2)cc1OC. The van der Waals surface area contributed by atoms with Crippen LogP contribution in [-0.2, 0) is 21.7 Å². The van der Waals surface area contributed by atoms with Gasteiger partial charge >= 0.3 is 0 Å². The molecule has 0 saturated carbocycles. The van der Waals surface area contributed by atoms with Crippen LogP contribution < -0.4 is 14.8 Å². The van der Waals surface area contributed by atoms with Crippen LogP contribution in [0.3, 0.4) is 0 Å². The molecule has 2 amide bonds. The van der Waals surface area contributed by atoms with Gasteiger partial charge in [-0.15, -0.1) is 0 Å². The standard InChI is InChI=1S/C24H29FN2O4/c1-24(2,18-10-11-20(30-3)21(13-18)31-4)26-23(29)17-9-12-22(28)27(15-17)14-16-7-5-6-8-19(16)25/h5-8,10-11,13,17H,9,12,14-15H2,1-4H3,(H,26,29)/t17-/m1/s1. The van der Waals surface area contributed by atoms with Crippen LogP contribution >= 0.6 is 0 Å². The minimum absolute atomic E-state index is 0.0635. The second kappa shape index (κ2) is 9.37. The Bertz CT molecular complexity index is 960. The van der Waals surface area contributed by atoms with Crippen molar-refractivity contribution < 1.29 is 23.5 Å². The molecule has 1 saturated heterocycles. The molecule has 1 aliphatic rings. The molecule has 0 aliphatic carbocycles. The second-order valence-corrected chi connectivity index (χ2v) is 8.29. The lowest BCUT2D eigenvalue weighted by atomic mass is 9.90. The Balaban J connectivity index is 1.70. The minimum atomic E-state index is -0.658. The highest BCUT2D eigenvalue weighted by Crippen LogP contribution is 2.32. The summed E-state index contributed by atoms with van der Waals surface area (Å²) in [7, 11) is 3.14. The van der Waals surface area contributed by atoms with Gasteiger partial charge in [-0.3, -0.25) is 9.59 Å². The summed E-state index contributed by atoms with van der Waals surface area (Å²) in [5.41, 5.74) is 0.658. The van der Waals surface area contributed by atoms with Gasteiger partial charge in [-0.05, 0) is 44.0 Å². The number of nitrogens with zero attached hydrogens (tertiary/aromatic N) is 1. The van der Waals surface area contributed by atoms with E-state index in [2.05, 4.69) is 5.32 Å². The molecule has 6 nitrogen and oxygen atoms in total. The Morgan fingerprint density at radius 1 is 1.16 bits per heavy atom. The fourth-order valence-electron chi connectivity index (χ4n) is 3.82. The zero-order valence-corrected chi connectivity index (χ0v) is 18.4. The first-order valence-corrected chi connectivity index (χ1v) is 10.3. The molecule has 3 rings (SSSR count). The molecule has 1 heterocycles. The number of ether oxygens (including phenoxy) is 2. The average molecular weight is 429 g/mol. The van der Waals surface area contributed by atoms with E-state index in [-0.39, 0.29) is 43.1 Å². The van der Waals surface area contributed by atoms with E-state index in [9.17, 15) is 14.0 Å². The Hall–Kier alpha value is -3.09. The number of carbonyl (C=O) groups excluding carboxylic acids is 2. The van der Waals surface area contributed by atoms with Gasteiger partial charge in [-0.25, -0.2) is 4.39 Å². The number of hydrogen-bond donors (Lipinski definition) is 1. The summed E-state index contributed by atoms with van der Waals surface area (Å²) >= 11 is 0. The van der Waals surface area contributed by atoms with Crippen molar-refractivity contribution in [1.82, 2.24) is 10.2 Å². The molecular formula is C24H29FN2O4. The van der Waals surface area contributed by atoms with Crippen LogP contribution in [0.5, 0.6) is 11.5 Å². The molecule has 0 radical (unpaired) electrons. The van der Waals surface area contributed by atoms with Crippen molar-refractivity contribution in [2.24, 2.45) is 5.92 Å². The number of hydrogen-bond acceptors (Lipinski definition) is 4. The number of piperidine rings is 1. The Kier molecular flexibility index (Phi) is 6.83. The number of benzene rings is 2. The fourth-order valence-corrected chi connectivity index (χ4v) is 3.82. The summed E-state index contributed by atoms with van der Waals surface area (Å²) in [5.74, 6) is 0.294. The van der Waals surface area contributed by atoms with E-state index in [1.54, 1.807) is 43.4 Å². The van der Waals surface area contributed by atoms with Gasteiger partial charge in [0.2, 0.25) is 11.8 Å². The molecule has 0 aromatic heterocycles. The molecular weight excluding hydrogens is 399 g/mol. The molecule has 2 aromatic carbocycles. The van der Waals surface area contributed by atoms with Crippen molar-refractivity contribution in [3.05, 3.63) is 59.4 Å². The van der Waals surface area contributed by atoms with Crippen LogP contribution in [0.15, 0.2) is 42.5 Å². The first-order chi connectivity index (χ1) is 14.7. The zero-order chi connectivity index (χ0) is 22.6. The van der Waals surface area contributed by atoms with Gasteiger partial charge in [0.1, 0.15) is 5.82 Å². The van der Waals surface area contributed by atoms with Crippen molar-refractivity contribution >= 4 is 11.8 Å². The quantitative estimate of drug-likeness (QED) is 0.731. The maximum Gasteiger partial charge on any atom is 0.225 e. The monoisotopic (exact) mass is 428 g/mol. The van der Waals surface area contributed by atoms with Crippen molar-refractivity contribution in [3.8, 4) is 11.5 Å². The highest BCUT2D eigenvalue weighted by molar-refractivity contribution is 5.84. The Labute approximate surface area is 182 Å². The lowest BCUT2D eigenvalue weighted by Crippen LogP contribution is -2.49. The molecule has 2 aromatic rings. The first kappa shape index (κ1) is 22.6. The predicted molar refractivity (Wildman–Crippen MR) is 115 cm³/mol. The Morgan fingerprint density at radius 2 is 1.87 bits per heavy atom. The third kappa shape index (κ3) is 5.16. The maximum absolute atomic E-state index is 14.0. The van der Waals surface area contributed by atoms with E-state index in [0.717, 1.165) is 5.56 Å². The Morgan fingerprint density at radius 3 is 2.55 bits per heavy atom. The lowest BCUT2D eigenvalue weighted by molar-refractivity contribution is -0.139. The highest BCUT2D eigenvalue weighted by atomic mass is 19.1. The van der Waals surface area contributed by atoms with Gasteiger partial charge in [0.25, 0.3) is 0 Å². The number of rotatable bonds is 7. The summed E-state index contributed by atoms with van der Waals surface area (Å²) in [6, 6.07) is 11.9. The van der Waals surface area contributed by atoms with Crippen LogP contribution in [0.1, 0.15) is 37.8 Å². The van der Waals surface area contributed by atoms with Crippen LogP contribution in [0.2, 0.25) is 0 Å². The number of likely N-dealkylation sites (tertiary alicyclic amines) is 1. The van der Waals surface area contributed by atoms with E-state index in [4.69, 9.17) is 9.47 Å². The zero-order valence-electron chi connectivity index (χ0n) is 18.4. The number of carbonyl (C=O) groups is 2. The normalized spacial score (nSPS) is 16.7. The highest BCUT2D eigenvalue weighted by Gasteiger charge is 2.33. The van der Waals surface area contributed by atoms with Crippen LogP contribution in [0.25, 0.3) is 0 Å². The van der Waals surface area contributed by atoms with Gasteiger partial charge < -0.3 is 19.7 Å². The second-order valence-electron chi connectivity index (χ2n) is 8.29. The van der Waals surface area contributed by atoms with Gasteiger partial charge in [0, 0.05) is 25.1 Å². The molecule has 0 unspecified atom stereocenters. The molecule has 166 valence electrons.